The highest BCUT2D eigenvalue weighted by Gasteiger charge is 1.91. The Morgan fingerprint density at radius 3 is 3.09 bits per heavy atom. The molecule has 0 aliphatic heterocycles. The summed E-state index contributed by atoms with van der Waals surface area (Å²) in [5.74, 6) is 0. The average molecular weight is 147 g/mol. The van der Waals surface area contributed by atoms with Crippen LogP contribution in [0.5, 0.6) is 0 Å². The molecule has 11 heavy (non-hydrogen) atoms. The minimum atomic E-state index is 0.512. The molecule has 0 aromatic carbocycles. The van der Waals surface area contributed by atoms with Gasteiger partial charge >= 0.3 is 0 Å². The van der Waals surface area contributed by atoms with Crippen LogP contribution in [0, 0.1) is 18.4 Å². The number of nitrogens with one attached hydrogen (secondary N) is 1. The number of rotatable bonds is 2. The summed E-state index contributed by atoms with van der Waals surface area (Å²) in [6.07, 6.45) is 1.85. The molecule has 0 bridgehead atoms. The van der Waals surface area contributed by atoms with Crippen LogP contribution >= 0.6 is 0 Å². The number of nitriles is 1. The van der Waals surface area contributed by atoms with E-state index in [1.165, 1.54) is 0 Å². The zero-order valence-electron chi connectivity index (χ0n) is 6.33. The number of pyridine rings is 1. The fourth-order valence-electron chi connectivity index (χ4n) is 0.828. The van der Waals surface area contributed by atoms with Crippen molar-refractivity contribution < 1.29 is 0 Å². The van der Waals surface area contributed by atoms with E-state index in [2.05, 4.69) is 10.3 Å². The molecule has 0 saturated heterocycles. The summed E-state index contributed by atoms with van der Waals surface area (Å²) in [7, 11) is 0. The van der Waals surface area contributed by atoms with Crippen molar-refractivity contribution in [2.24, 2.45) is 0 Å². The predicted molar refractivity (Wildman–Crippen MR) is 41.4 cm³/mol. The number of hydrogen-bond donors (Lipinski definition) is 1. The van der Waals surface area contributed by atoms with Gasteiger partial charge in [0.25, 0.3) is 0 Å². The summed E-state index contributed by atoms with van der Waals surface area (Å²) in [4.78, 5) is 4.20. The van der Waals surface area contributed by atoms with Crippen molar-refractivity contribution in [3.05, 3.63) is 29.6 Å². The maximum Gasteiger partial charge on any atom is 0.176 e. The molecule has 0 spiro atoms. The van der Waals surface area contributed by atoms with E-state index in [0.717, 1.165) is 11.4 Å². The molecular weight excluding hydrogens is 138 g/mol. The average Bonchev–Trinajstić information content (AvgIpc) is 2.01. The first-order chi connectivity index (χ1) is 5.33. The summed E-state index contributed by atoms with van der Waals surface area (Å²) in [6, 6.07) is 5.74. The molecular formula is C8H9N3. The highest BCUT2D eigenvalue weighted by molar-refractivity contribution is 5.09. The van der Waals surface area contributed by atoms with Gasteiger partial charge in [-0.3, -0.25) is 4.98 Å². The molecule has 0 aliphatic rings. The summed E-state index contributed by atoms with van der Waals surface area (Å²) < 4.78 is 0. The molecule has 3 nitrogen and oxygen atoms in total. The lowest BCUT2D eigenvalue weighted by molar-refractivity contribution is 0.842. The minimum Gasteiger partial charge on any atom is -0.318 e. The lowest BCUT2D eigenvalue weighted by Gasteiger charge is -1.97. The van der Waals surface area contributed by atoms with Crippen molar-refractivity contribution in [2.75, 3.05) is 0 Å². The Morgan fingerprint density at radius 2 is 2.45 bits per heavy atom. The van der Waals surface area contributed by atoms with Crippen molar-refractivity contribution in [3.8, 4) is 6.19 Å². The molecule has 1 aromatic heterocycles. The normalized spacial score (nSPS) is 8.73. The zero-order valence-corrected chi connectivity index (χ0v) is 6.33. The van der Waals surface area contributed by atoms with Crippen LogP contribution in [0.3, 0.4) is 0 Å². The van der Waals surface area contributed by atoms with Crippen LogP contribution in [-0.4, -0.2) is 4.98 Å². The second-order valence-corrected chi connectivity index (χ2v) is 2.24. The molecule has 0 atom stereocenters. The summed E-state index contributed by atoms with van der Waals surface area (Å²) >= 11 is 0. The van der Waals surface area contributed by atoms with Crippen molar-refractivity contribution in [3.63, 3.8) is 0 Å². The van der Waals surface area contributed by atoms with Gasteiger partial charge in [-0.05, 0) is 19.1 Å². The maximum atomic E-state index is 8.21. The molecule has 3 heteroatoms. The Hall–Kier alpha value is -1.56. The molecule has 0 unspecified atom stereocenters. The van der Waals surface area contributed by atoms with Gasteiger partial charge in [-0.25, -0.2) is 0 Å². The van der Waals surface area contributed by atoms with E-state index in [1.54, 1.807) is 0 Å². The molecule has 1 N–H and O–H groups in total. The van der Waals surface area contributed by atoms with E-state index < -0.39 is 0 Å². The molecule has 0 radical (unpaired) electrons. The summed E-state index contributed by atoms with van der Waals surface area (Å²) in [5, 5.41) is 10.7. The van der Waals surface area contributed by atoms with Crippen LogP contribution in [0.15, 0.2) is 18.2 Å². The van der Waals surface area contributed by atoms with Crippen LogP contribution in [0.2, 0.25) is 0 Å². The third-order valence-corrected chi connectivity index (χ3v) is 1.29. The van der Waals surface area contributed by atoms with Crippen LogP contribution in [0.25, 0.3) is 0 Å². The smallest absolute Gasteiger partial charge is 0.176 e. The summed E-state index contributed by atoms with van der Waals surface area (Å²) in [6.45, 7) is 2.44. The molecule has 0 aliphatic carbocycles. The van der Waals surface area contributed by atoms with E-state index in [1.807, 2.05) is 31.3 Å². The quantitative estimate of drug-likeness (QED) is 0.500. The molecule has 1 heterocycles. The molecule has 1 aromatic rings. The van der Waals surface area contributed by atoms with Gasteiger partial charge in [0, 0.05) is 5.69 Å². The fourth-order valence-corrected chi connectivity index (χ4v) is 0.828. The molecule has 56 valence electrons. The molecule has 0 saturated carbocycles. The Labute approximate surface area is 65.7 Å². The Bertz CT molecular complexity index is 275. The van der Waals surface area contributed by atoms with Crippen molar-refractivity contribution in [2.45, 2.75) is 13.5 Å². The maximum absolute atomic E-state index is 8.21. The Kier molecular flexibility index (Phi) is 2.45. The largest absolute Gasteiger partial charge is 0.318 e. The Balaban J connectivity index is 2.65. The zero-order chi connectivity index (χ0) is 8.10. The second kappa shape index (κ2) is 3.57. The van der Waals surface area contributed by atoms with Crippen molar-refractivity contribution in [1.82, 2.24) is 10.3 Å². The van der Waals surface area contributed by atoms with Crippen molar-refractivity contribution >= 4 is 0 Å². The first-order valence-electron chi connectivity index (χ1n) is 3.37. The lowest BCUT2D eigenvalue weighted by Crippen LogP contribution is -2.06. The van der Waals surface area contributed by atoms with Gasteiger partial charge in [-0.15, -0.1) is 0 Å². The van der Waals surface area contributed by atoms with Crippen molar-refractivity contribution in [1.29, 1.82) is 5.26 Å². The second-order valence-electron chi connectivity index (χ2n) is 2.24. The van der Waals surface area contributed by atoms with E-state index >= 15 is 0 Å². The van der Waals surface area contributed by atoms with Crippen LogP contribution in [-0.2, 0) is 6.54 Å². The van der Waals surface area contributed by atoms with E-state index in [0.29, 0.717) is 6.54 Å². The molecule has 0 fully saturated rings. The first kappa shape index (κ1) is 7.55. The van der Waals surface area contributed by atoms with E-state index in [9.17, 15) is 0 Å². The first-order valence-corrected chi connectivity index (χ1v) is 3.37. The van der Waals surface area contributed by atoms with Gasteiger partial charge in [0.1, 0.15) is 0 Å². The fraction of sp³-hybridized carbons (Fsp3) is 0.250. The number of aromatic nitrogens is 1. The van der Waals surface area contributed by atoms with Gasteiger partial charge in [0.15, 0.2) is 6.19 Å². The highest BCUT2D eigenvalue weighted by Crippen LogP contribution is 1.96. The number of nitrogens with zero attached hydrogens (tertiary/aromatic N) is 2. The lowest BCUT2D eigenvalue weighted by atomic mass is 10.3. The Morgan fingerprint density at radius 1 is 1.64 bits per heavy atom. The minimum absolute atomic E-state index is 0.512. The number of hydrogen-bond acceptors (Lipinski definition) is 3. The van der Waals surface area contributed by atoms with Crippen LogP contribution in [0.1, 0.15) is 11.4 Å². The van der Waals surface area contributed by atoms with Gasteiger partial charge < -0.3 is 5.32 Å². The molecule has 1 rings (SSSR count). The van der Waals surface area contributed by atoms with E-state index in [-0.39, 0.29) is 0 Å². The van der Waals surface area contributed by atoms with Gasteiger partial charge in [0.2, 0.25) is 0 Å². The van der Waals surface area contributed by atoms with Crippen LogP contribution in [0.4, 0.5) is 0 Å². The number of aryl methyl sites for hydroxylation is 1. The third kappa shape index (κ3) is 2.26. The molecule has 0 amide bonds. The topological polar surface area (TPSA) is 48.7 Å². The summed E-state index contributed by atoms with van der Waals surface area (Å²) in [5.41, 5.74) is 1.87. The highest BCUT2D eigenvalue weighted by atomic mass is 14.9. The predicted octanol–water partition coefficient (Wildman–Crippen LogP) is 0.961. The van der Waals surface area contributed by atoms with Gasteiger partial charge in [0.05, 0.1) is 12.2 Å². The van der Waals surface area contributed by atoms with Gasteiger partial charge in [-0.1, -0.05) is 6.07 Å². The van der Waals surface area contributed by atoms with E-state index in [4.69, 9.17) is 5.26 Å². The SMILES string of the molecule is Cc1cccc(CNC#N)n1. The standard InChI is InChI=1S/C8H9N3/c1-7-3-2-4-8(11-7)5-10-6-9/h2-4,10H,5H2,1H3. The van der Waals surface area contributed by atoms with Gasteiger partial charge in [-0.2, -0.15) is 5.26 Å². The third-order valence-electron chi connectivity index (χ3n) is 1.29. The monoisotopic (exact) mass is 147 g/mol. The van der Waals surface area contributed by atoms with Crippen LogP contribution < -0.4 is 5.32 Å².